The summed E-state index contributed by atoms with van der Waals surface area (Å²) in [6, 6.07) is 0. The molecule has 17 heavy (non-hydrogen) atoms. The molecule has 1 aromatic heterocycles. The maximum absolute atomic E-state index is 10.8. The van der Waals surface area contributed by atoms with Gasteiger partial charge in [-0.2, -0.15) is 0 Å². The fraction of sp³-hybridized carbons (Fsp3) is 0.545. The summed E-state index contributed by atoms with van der Waals surface area (Å²) in [5.74, 6) is 1.47. The Balaban J connectivity index is 1.90. The van der Waals surface area contributed by atoms with Crippen molar-refractivity contribution in [2.75, 3.05) is 23.7 Å². The average Bonchev–Trinajstić information content (AvgIpc) is 2.30. The van der Waals surface area contributed by atoms with Crippen LogP contribution in [0.3, 0.4) is 0 Å². The van der Waals surface area contributed by atoms with Gasteiger partial charge in [-0.05, 0) is 18.8 Å². The number of aromatic nitrogens is 2. The van der Waals surface area contributed by atoms with Crippen LogP contribution in [-0.2, 0) is 4.79 Å². The molecule has 1 aromatic rings. The minimum absolute atomic E-state index is 0.212. The Bertz CT molecular complexity index is 383. The maximum Gasteiger partial charge on any atom is 0.217 e. The summed E-state index contributed by atoms with van der Waals surface area (Å²) in [4.78, 5) is 21.2. The van der Waals surface area contributed by atoms with Crippen LogP contribution >= 0.6 is 0 Å². The molecule has 2 rings (SSSR count). The van der Waals surface area contributed by atoms with Crippen LogP contribution in [0.5, 0.6) is 0 Å². The topological polar surface area (TPSA) is 98.1 Å². The van der Waals surface area contributed by atoms with E-state index in [0.29, 0.717) is 18.2 Å². The quantitative estimate of drug-likeness (QED) is 0.777. The number of primary amides is 1. The van der Waals surface area contributed by atoms with Gasteiger partial charge in [-0.3, -0.25) is 4.79 Å². The van der Waals surface area contributed by atoms with Crippen LogP contribution < -0.4 is 16.4 Å². The normalized spacial score (nSPS) is 17.1. The predicted octanol–water partition coefficient (Wildman–Crippen LogP) is 0.151. The van der Waals surface area contributed by atoms with E-state index in [9.17, 15) is 4.79 Å². The highest BCUT2D eigenvalue weighted by Gasteiger charge is 2.21. The Morgan fingerprint density at radius 2 is 2.06 bits per heavy atom. The molecule has 0 atom stereocenters. The zero-order valence-electron chi connectivity index (χ0n) is 9.67. The first-order valence-electron chi connectivity index (χ1n) is 5.76. The summed E-state index contributed by atoms with van der Waals surface area (Å²) in [5, 5.41) is 0. The highest BCUT2D eigenvalue weighted by Crippen LogP contribution is 2.23. The summed E-state index contributed by atoms with van der Waals surface area (Å²) in [5.41, 5.74) is 10.7. The van der Waals surface area contributed by atoms with E-state index in [1.807, 2.05) is 0 Å². The molecule has 4 N–H and O–H groups in total. The van der Waals surface area contributed by atoms with Crippen molar-refractivity contribution >= 4 is 17.5 Å². The Morgan fingerprint density at radius 1 is 1.35 bits per heavy atom. The molecule has 0 saturated carbocycles. The number of hydrogen-bond donors (Lipinski definition) is 2. The molecule has 92 valence electrons. The maximum atomic E-state index is 10.8. The second kappa shape index (κ2) is 4.99. The van der Waals surface area contributed by atoms with Gasteiger partial charge in [0.2, 0.25) is 5.91 Å². The first-order valence-corrected chi connectivity index (χ1v) is 5.76. The average molecular weight is 235 g/mol. The van der Waals surface area contributed by atoms with Crippen LogP contribution in [0.1, 0.15) is 19.3 Å². The Labute approximate surface area is 100 Å². The van der Waals surface area contributed by atoms with Crippen molar-refractivity contribution in [1.82, 2.24) is 9.97 Å². The SMILES string of the molecule is NC(=O)CC1CCN(c2cnc(N)cn2)CC1. The smallest absolute Gasteiger partial charge is 0.217 e. The second-order valence-electron chi connectivity index (χ2n) is 4.40. The van der Waals surface area contributed by atoms with Gasteiger partial charge in [-0.25, -0.2) is 9.97 Å². The number of amides is 1. The number of nitrogens with two attached hydrogens (primary N) is 2. The molecule has 1 aliphatic rings. The van der Waals surface area contributed by atoms with E-state index in [0.717, 1.165) is 31.7 Å². The van der Waals surface area contributed by atoms with E-state index in [4.69, 9.17) is 11.5 Å². The molecule has 1 amide bonds. The van der Waals surface area contributed by atoms with E-state index in [-0.39, 0.29) is 5.91 Å². The molecule has 0 bridgehead atoms. The molecule has 1 fully saturated rings. The van der Waals surface area contributed by atoms with Gasteiger partial charge < -0.3 is 16.4 Å². The third-order valence-electron chi connectivity index (χ3n) is 3.09. The molecule has 1 aliphatic heterocycles. The highest BCUT2D eigenvalue weighted by atomic mass is 16.1. The molecule has 0 radical (unpaired) electrons. The highest BCUT2D eigenvalue weighted by molar-refractivity contribution is 5.74. The lowest BCUT2D eigenvalue weighted by atomic mass is 9.93. The summed E-state index contributed by atoms with van der Waals surface area (Å²) in [7, 11) is 0. The van der Waals surface area contributed by atoms with Crippen molar-refractivity contribution in [1.29, 1.82) is 0 Å². The molecular weight excluding hydrogens is 218 g/mol. The summed E-state index contributed by atoms with van der Waals surface area (Å²) in [6.07, 6.45) is 5.67. The van der Waals surface area contributed by atoms with Gasteiger partial charge in [0.1, 0.15) is 11.6 Å². The van der Waals surface area contributed by atoms with Gasteiger partial charge in [0.25, 0.3) is 0 Å². The number of piperidine rings is 1. The summed E-state index contributed by atoms with van der Waals surface area (Å²) >= 11 is 0. The third kappa shape index (κ3) is 3.05. The number of carbonyl (C=O) groups excluding carboxylic acids is 1. The van der Waals surface area contributed by atoms with Gasteiger partial charge in [-0.15, -0.1) is 0 Å². The van der Waals surface area contributed by atoms with Gasteiger partial charge in [0.15, 0.2) is 0 Å². The molecule has 0 spiro atoms. The second-order valence-corrected chi connectivity index (χ2v) is 4.40. The van der Waals surface area contributed by atoms with Crippen molar-refractivity contribution in [3.8, 4) is 0 Å². The Kier molecular flexibility index (Phi) is 3.41. The lowest BCUT2D eigenvalue weighted by Gasteiger charge is -2.32. The molecule has 0 unspecified atom stereocenters. The molecule has 2 heterocycles. The number of rotatable bonds is 3. The zero-order valence-corrected chi connectivity index (χ0v) is 9.67. The molecule has 1 saturated heterocycles. The minimum Gasteiger partial charge on any atom is -0.382 e. The van der Waals surface area contributed by atoms with Crippen LogP contribution in [0.2, 0.25) is 0 Å². The number of nitrogens with zero attached hydrogens (tertiary/aromatic N) is 3. The van der Waals surface area contributed by atoms with Crippen molar-refractivity contribution in [3.63, 3.8) is 0 Å². The van der Waals surface area contributed by atoms with Crippen LogP contribution in [-0.4, -0.2) is 29.0 Å². The molecular formula is C11H17N5O. The first kappa shape index (κ1) is 11.6. The number of nitrogen functional groups attached to an aromatic ring is 1. The van der Waals surface area contributed by atoms with E-state index in [1.165, 1.54) is 0 Å². The third-order valence-corrected chi connectivity index (χ3v) is 3.09. The van der Waals surface area contributed by atoms with Crippen molar-refractivity contribution in [2.24, 2.45) is 11.7 Å². The minimum atomic E-state index is -0.212. The molecule has 6 nitrogen and oxygen atoms in total. The fourth-order valence-electron chi connectivity index (χ4n) is 2.15. The number of anilines is 2. The van der Waals surface area contributed by atoms with Gasteiger partial charge in [0.05, 0.1) is 12.4 Å². The number of hydrogen-bond acceptors (Lipinski definition) is 5. The largest absolute Gasteiger partial charge is 0.382 e. The van der Waals surface area contributed by atoms with E-state index in [2.05, 4.69) is 14.9 Å². The van der Waals surface area contributed by atoms with E-state index < -0.39 is 0 Å². The Morgan fingerprint density at radius 3 is 2.59 bits per heavy atom. The van der Waals surface area contributed by atoms with E-state index >= 15 is 0 Å². The van der Waals surface area contributed by atoms with Crippen molar-refractivity contribution in [2.45, 2.75) is 19.3 Å². The summed E-state index contributed by atoms with van der Waals surface area (Å²) < 4.78 is 0. The molecule has 0 aliphatic carbocycles. The summed E-state index contributed by atoms with van der Waals surface area (Å²) in [6.45, 7) is 1.77. The zero-order chi connectivity index (χ0) is 12.3. The lowest BCUT2D eigenvalue weighted by molar-refractivity contribution is -0.119. The van der Waals surface area contributed by atoms with Crippen molar-refractivity contribution in [3.05, 3.63) is 12.4 Å². The van der Waals surface area contributed by atoms with Crippen LogP contribution in [0.25, 0.3) is 0 Å². The van der Waals surface area contributed by atoms with Gasteiger partial charge in [0, 0.05) is 19.5 Å². The van der Waals surface area contributed by atoms with Gasteiger partial charge >= 0.3 is 0 Å². The van der Waals surface area contributed by atoms with Crippen molar-refractivity contribution < 1.29 is 4.79 Å². The standard InChI is InChI=1S/C11H17N5O/c12-9-6-15-11(7-14-9)16-3-1-8(2-4-16)5-10(13)17/h6-8H,1-5H2,(H2,12,14)(H2,13,17). The van der Waals surface area contributed by atoms with E-state index in [1.54, 1.807) is 12.4 Å². The van der Waals surface area contributed by atoms with Gasteiger partial charge in [-0.1, -0.05) is 0 Å². The lowest BCUT2D eigenvalue weighted by Crippen LogP contribution is -2.35. The van der Waals surface area contributed by atoms with Crippen LogP contribution in [0.4, 0.5) is 11.6 Å². The predicted molar refractivity (Wildman–Crippen MR) is 65.2 cm³/mol. The van der Waals surface area contributed by atoms with Crippen LogP contribution in [0, 0.1) is 5.92 Å². The van der Waals surface area contributed by atoms with Crippen LogP contribution in [0.15, 0.2) is 12.4 Å². The Hall–Kier alpha value is -1.85. The first-order chi connectivity index (χ1) is 8.15. The monoisotopic (exact) mass is 235 g/mol. The molecule has 0 aromatic carbocycles. The molecule has 6 heteroatoms. The number of carbonyl (C=O) groups is 1. The fourth-order valence-corrected chi connectivity index (χ4v) is 2.15.